The zero-order valence-electron chi connectivity index (χ0n) is 13.5. The average Bonchev–Trinajstić information content (AvgIpc) is 2.56. The number of rotatable bonds is 7. The number of benzene rings is 1. The van der Waals surface area contributed by atoms with Crippen LogP contribution in [0.4, 0.5) is 5.69 Å². The third kappa shape index (κ3) is 6.59. The Balaban J connectivity index is 2.90. The Morgan fingerprint density at radius 1 is 1.32 bits per heavy atom. The van der Waals surface area contributed by atoms with Crippen molar-refractivity contribution in [2.75, 3.05) is 12.0 Å². The highest BCUT2D eigenvalue weighted by Crippen LogP contribution is 2.25. The number of hydrogen-bond donors (Lipinski definition) is 3. The Bertz CT molecular complexity index is 685. The maximum atomic E-state index is 12.3. The van der Waals surface area contributed by atoms with E-state index in [2.05, 4.69) is 16.2 Å². The lowest BCUT2D eigenvalue weighted by Gasteiger charge is -2.18. The number of carbonyl (C=O) groups is 3. The minimum Gasteiger partial charge on any atom is -0.340 e. The van der Waals surface area contributed by atoms with E-state index in [0.717, 1.165) is 6.07 Å². The standard InChI is InChI=1S/C14H17ClN4O5S/c1-8(20)17-18-14(22)11(5-6-25-2)16-13(21)9-3-4-10(15)12(7-9)19(23)24/h3-4,7,11H,5-6H2,1-2H3,(H,16,21)(H,17,20)(H,18,22)/t11-/m0/s1. The first-order valence-electron chi connectivity index (χ1n) is 7.06. The van der Waals surface area contributed by atoms with Crippen LogP contribution in [0.5, 0.6) is 0 Å². The lowest BCUT2D eigenvalue weighted by molar-refractivity contribution is -0.384. The van der Waals surface area contributed by atoms with Gasteiger partial charge in [-0.2, -0.15) is 11.8 Å². The predicted molar refractivity (Wildman–Crippen MR) is 94.3 cm³/mol. The van der Waals surface area contributed by atoms with Crippen molar-refractivity contribution in [3.63, 3.8) is 0 Å². The molecule has 0 aliphatic rings. The first-order chi connectivity index (χ1) is 11.8. The second kappa shape index (κ2) is 9.84. The summed E-state index contributed by atoms with van der Waals surface area (Å²) in [7, 11) is 0. The van der Waals surface area contributed by atoms with E-state index in [1.165, 1.54) is 30.8 Å². The zero-order valence-corrected chi connectivity index (χ0v) is 15.1. The molecule has 3 amide bonds. The van der Waals surface area contributed by atoms with Gasteiger partial charge in [-0.05, 0) is 30.6 Å². The van der Waals surface area contributed by atoms with Crippen molar-refractivity contribution >= 4 is 46.8 Å². The van der Waals surface area contributed by atoms with E-state index in [4.69, 9.17) is 11.6 Å². The molecule has 0 unspecified atom stereocenters. The Hall–Kier alpha value is -2.33. The molecule has 1 atom stereocenters. The second-order valence-electron chi connectivity index (χ2n) is 4.90. The summed E-state index contributed by atoms with van der Waals surface area (Å²) in [5, 5.41) is 13.3. The van der Waals surface area contributed by atoms with E-state index in [9.17, 15) is 24.5 Å². The molecule has 1 aromatic rings. The number of hydrazine groups is 1. The summed E-state index contributed by atoms with van der Waals surface area (Å²) in [6.45, 7) is 1.22. The van der Waals surface area contributed by atoms with E-state index in [1.807, 2.05) is 6.26 Å². The van der Waals surface area contributed by atoms with Gasteiger partial charge in [-0.15, -0.1) is 0 Å². The summed E-state index contributed by atoms with van der Waals surface area (Å²) in [4.78, 5) is 45.4. The van der Waals surface area contributed by atoms with Gasteiger partial charge in [0, 0.05) is 18.6 Å². The number of carbonyl (C=O) groups excluding carboxylic acids is 3. The lowest BCUT2D eigenvalue weighted by Crippen LogP contribution is -2.52. The van der Waals surface area contributed by atoms with Gasteiger partial charge in [0.1, 0.15) is 11.1 Å². The number of nitrogens with zero attached hydrogens (tertiary/aromatic N) is 1. The highest BCUT2D eigenvalue weighted by atomic mass is 35.5. The molecular weight excluding hydrogens is 372 g/mol. The Morgan fingerprint density at radius 3 is 2.56 bits per heavy atom. The first kappa shape index (κ1) is 20.7. The molecular formula is C14H17ClN4O5S. The zero-order chi connectivity index (χ0) is 19.0. The normalized spacial score (nSPS) is 11.3. The van der Waals surface area contributed by atoms with Crippen LogP contribution in [-0.2, 0) is 9.59 Å². The molecule has 0 bridgehead atoms. The second-order valence-corrected chi connectivity index (χ2v) is 6.29. The third-order valence-electron chi connectivity index (χ3n) is 3.00. The summed E-state index contributed by atoms with van der Waals surface area (Å²) in [5.74, 6) is -1.14. The topological polar surface area (TPSA) is 130 Å². The van der Waals surface area contributed by atoms with Crippen molar-refractivity contribution in [1.82, 2.24) is 16.2 Å². The van der Waals surface area contributed by atoms with E-state index in [-0.39, 0.29) is 10.6 Å². The van der Waals surface area contributed by atoms with Crippen LogP contribution >= 0.6 is 23.4 Å². The van der Waals surface area contributed by atoms with E-state index in [1.54, 1.807) is 0 Å². The summed E-state index contributed by atoms with van der Waals surface area (Å²) < 4.78 is 0. The molecule has 0 saturated heterocycles. The molecule has 0 aliphatic carbocycles. The quantitative estimate of drug-likeness (QED) is 0.476. The van der Waals surface area contributed by atoms with E-state index in [0.29, 0.717) is 12.2 Å². The van der Waals surface area contributed by atoms with Crippen LogP contribution in [0.1, 0.15) is 23.7 Å². The average molecular weight is 389 g/mol. The van der Waals surface area contributed by atoms with Crippen molar-refractivity contribution in [2.24, 2.45) is 0 Å². The minimum absolute atomic E-state index is 0.00224. The number of nitrogens with one attached hydrogen (secondary N) is 3. The molecule has 3 N–H and O–H groups in total. The molecule has 0 saturated carbocycles. The number of nitro benzene ring substituents is 1. The summed E-state index contributed by atoms with van der Waals surface area (Å²) in [6, 6.07) is 2.68. The van der Waals surface area contributed by atoms with Crippen LogP contribution in [0.3, 0.4) is 0 Å². The van der Waals surface area contributed by atoms with Crippen LogP contribution < -0.4 is 16.2 Å². The Morgan fingerprint density at radius 2 is 2.00 bits per heavy atom. The largest absolute Gasteiger partial charge is 0.340 e. The molecule has 136 valence electrons. The Labute approximate surface area is 153 Å². The molecule has 0 fully saturated rings. The van der Waals surface area contributed by atoms with Crippen LogP contribution in [-0.4, -0.2) is 40.7 Å². The first-order valence-corrected chi connectivity index (χ1v) is 8.83. The van der Waals surface area contributed by atoms with Gasteiger partial charge in [0.2, 0.25) is 5.91 Å². The summed E-state index contributed by atoms with van der Waals surface area (Å²) in [6.07, 6.45) is 2.15. The smallest absolute Gasteiger partial charge is 0.288 e. The van der Waals surface area contributed by atoms with Crippen molar-refractivity contribution in [1.29, 1.82) is 0 Å². The van der Waals surface area contributed by atoms with Crippen LogP contribution in [0.15, 0.2) is 18.2 Å². The fourth-order valence-corrected chi connectivity index (χ4v) is 2.43. The molecule has 0 heterocycles. The van der Waals surface area contributed by atoms with Crippen LogP contribution in [0.2, 0.25) is 5.02 Å². The molecule has 9 nitrogen and oxygen atoms in total. The van der Waals surface area contributed by atoms with Gasteiger partial charge in [0.15, 0.2) is 0 Å². The maximum absolute atomic E-state index is 12.3. The van der Waals surface area contributed by atoms with Gasteiger partial charge in [-0.1, -0.05) is 11.6 Å². The van der Waals surface area contributed by atoms with Crippen molar-refractivity contribution < 1.29 is 19.3 Å². The summed E-state index contributed by atoms with van der Waals surface area (Å²) >= 11 is 7.19. The van der Waals surface area contributed by atoms with Gasteiger partial charge >= 0.3 is 0 Å². The number of thioether (sulfide) groups is 1. The SMILES string of the molecule is CSCC[C@H](NC(=O)c1ccc(Cl)c([N+](=O)[O-])c1)C(=O)NNC(C)=O. The highest BCUT2D eigenvalue weighted by Gasteiger charge is 2.23. The predicted octanol–water partition coefficient (Wildman–Crippen LogP) is 1.27. The fourth-order valence-electron chi connectivity index (χ4n) is 1.78. The molecule has 0 aliphatic heterocycles. The van der Waals surface area contributed by atoms with E-state index >= 15 is 0 Å². The lowest BCUT2D eigenvalue weighted by atomic mass is 10.1. The van der Waals surface area contributed by atoms with Crippen molar-refractivity contribution in [2.45, 2.75) is 19.4 Å². The van der Waals surface area contributed by atoms with Gasteiger partial charge in [-0.25, -0.2) is 0 Å². The number of hydrogen-bond acceptors (Lipinski definition) is 6. The number of halogens is 1. The van der Waals surface area contributed by atoms with Crippen molar-refractivity contribution in [3.8, 4) is 0 Å². The molecule has 11 heteroatoms. The third-order valence-corrected chi connectivity index (χ3v) is 3.96. The van der Waals surface area contributed by atoms with Gasteiger partial charge in [0.25, 0.3) is 17.5 Å². The molecule has 0 radical (unpaired) electrons. The Kier molecular flexibility index (Phi) is 8.16. The molecule has 0 spiro atoms. The molecule has 0 aromatic heterocycles. The van der Waals surface area contributed by atoms with Crippen LogP contribution in [0.25, 0.3) is 0 Å². The van der Waals surface area contributed by atoms with E-state index < -0.39 is 34.4 Å². The summed E-state index contributed by atoms with van der Waals surface area (Å²) in [5.41, 5.74) is 3.93. The maximum Gasteiger partial charge on any atom is 0.288 e. The van der Waals surface area contributed by atoms with Gasteiger partial charge in [0.05, 0.1) is 4.92 Å². The van der Waals surface area contributed by atoms with Gasteiger partial charge in [-0.3, -0.25) is 35.3 Å². The number of nitro groups is 1. The van der Waals surface area contributed by atoms with Gasteiger partial charge < -0.3 is 5.32 Å². The monoisotopic (exact) mass is 388 g/mol. The highest BCUT2D eigenvalue weighted by molar-refractivity contribution is 7.98. The number of amides is 3. The minimum atomic E-state index is -0.915. The van der Waals surface area contributed by atoms with Crippen LogP contribution in [0, 0.1) is 10.1 Å². The molecule has 1 rings (SSSR count). The fraction of sp³-hybridized carbons (Fsp3) is 0.357. The molecule has 1 aromatic carbocycles. The van der Waals surface area contributed by atoms with Crippen molar-refractivity contribution in [3.05, 3.63) is 38.9 Å². The molecule has 25 heavy (non-hydrogen) atoms.